The Hall–Kier alpha value is -2.62. The maximum Gasteiger partial charge on any atom is 0.262 e. The number of hydrogen-bond donors (Lipinski definition) is 0. The number of para-hydroxylation sites is 3. The van der Waals surface area contributed by atoms with Gasteiger partial charge in [-0.15, -0.1) is 0 Å². The van der Waals surface area contributed by atoms with Crippen molar-refractivity contribution in [2.45, 2.75) is 0 Å². The van der Waals surface area contributed by atoms with Gasteiger partial charge in [-0.2, -0.15) is 0 Å². The van der Waals surface area contributed by atoms with Gasteiger partial charge < -0.3 is 0 Å². The second kappa shape index (κ2) is 3.45. The fourth-order valence-corrected chi connectivity index (χ4v) is 2.60. The molecule has 0 fully saturated rings. The van der Waals surface area contributed by atoms with Crippen molar-refractivity contribution in [1.29, 1.82) is 0 Å². The molecule has 4 rings (SSSR count). The van der Waals surface area contributed by atoms with Gasteiger partial charge >= 0.3 is 0 Å². The summed E-state index contributed by atoms with van der Waals surface area (Å²) in [5, 5.41) is 0.709. The molecule has 0 N–H and O–H groups in total. The number of nitrogens with zero attached hydrogens (tertiary/aromatic N) is 3. The number of aryl methyl sites for hydroxylation is 1. The summed E-state index contributed by atoms with van der Waals surface area (Å²) in [7, 11) is 1.76. The maximum absolute atomic E-state index is 12.3. The van der Waals surface area contributed by atoms with Crippen LogP contribution in [0.4, 0.5) is 0 Å². The summed E-state index contributed by atoms with van der Waals surface area (Å²) in [6.45, 7) is 0. The lowest BCUT2D eigenvalue weighted by Gasteiger charge is -2.06. The van der Waals surface area contributed by atoms with Gasteiger partial charge in [-0.1, -0.05) is 24.3 Å². The van der Waals surface area contributed by atoms with E-state index in [1.807, 2.05) is 52.9 Å². The monoisotopic (exact) mass is 249 g/mol. The molecule has 0 aliphatic carbocycles. The minimum Gasteiger partial charge on any atom is -0.281 e. The summed E-state index contributed by atoms with van der Waals surface area (Å²) in [5.41, 5.74) is 2.80. The van der Waals surface area contributed by atoms with E-state index in [2.05, 4.69) is 4.98 Å². The van der Waals surface area contributed by atoms with E-state index in [4.69, 9.17) is 0 Å². The minimum absolute atomic E-state index is 0.0154. The molecule has 0 amide bonds. The molecule has 2 aromatic heterocycles. The van der Waals surface area contributed by atoms with E-state index in [1.165, 1.54) is 0 Å². The number of imidazole rings is 1. The third-order valence-corrected chi connectivity index (χ3v) is 3.52. The first-order valence-corrected chi connectivity index (χ1v) is 6.12. The Kier molecular flexibility index (Phi) is 1.87. The van der Waals surface area contributed by atoms with Crippen molar-refractivity contribution < 1.29 is 0 Å². The predicted octanol–water partition coefficient (Wildman–Crippen LogP) is 2.34. The predicted molar refractivity (Wildman–Crippen MR) is 75.4 cm³/mol. The largest absolute Gasteiger partial charge is 0.281 e. The van der Waals surface area contributed by atoms with Crippen LogP contribution in [0.3, 0.4) is 0 Å². The molecule has 0 aliphatic rings. The molecular weight excluding hydrogens is 238 g/mol. The van der Waals surface area contributed by atoms with Crippen LogP contribution in [0.15, 0.2) is 53.3 Å². The van der Waals surface area contributed by atoms with Crippen LogP contribution in [-0.4, -0.2) is 14.0 Å². The number of aromatic nitrogens is 3. The number of benzene rings is 2. The van der Waals surface area contributed by atoms with Gasteiger partial charge in [0, 0.05) is 7.05 Å². The average Bonchev–Trinajstić information content (AvgIpc) is 2.84. The Morgan fingerprint density at radius 3 is 2.47 bits per heavy atom. The van der Waals surface area contributed by atoms with E-state index in [9.17, 15) is 4.79 Å². The van der Waals surface area contributed by atoms with E-state index in [-0.39, 0.29) is 5.56 Å². The maximum atomic E-state index is 12.3. The second-order valence-corrected chi connectivity index (χ2v) is 4.62. The van der Waals surface area contributed by atoms with Crippen molar-refractivity contribution in [2.75, 3.05) is 0 Å². The average molecular weight is 249 g/mol. The Balaban J connectivity index is 2.47. The smallest absolute Gasteiger partial charge is 0.262 e. The quantitative estimate of drug-likeness (QED) is 0.480. The third kappa shape index (κ3) is 1.23. The first kappa shape index (κ1) is 10.3. The van der Waals surface area contributed by atoms with Gasteiger partial charge in [-0.05, 0) is 24.3 Å². The van der Waals surface area contributed by atoms with Crippen molar-refractivity contribution in [3.8, 4) is 0 Å². The van der Waals surface area contributed by atoms with Gasteiger partial charge in [0.15, 0.2) is 0 Å². The summed E-state index contributed by atoms with van der Waals surface area (Å²) in [5.74, 6) is 0.671. The van der Waals surface area contributed by atoms with Gasteiger partial charge in [-0.3, -0.25) is 13.8 Å². The summed E-state index contributed by atoms with van der Waals surface area (Å²) in [6.07, 6.45) is 0. The lowest BCUT2D eigenvalue weighted by molar-refractivity contribution is 0.868. The van der Waals surface area contributed by atoms with Crippen LogP contribution in [-0.2, 0) is 7.05 Å². The van der Waals surface area contributed by atoms with Crippen LogP contribution in [0.2, 0.25) is 0 Å². The molecule has 4 aromatic rings. The van der Waals surface area contributed by atoms with Crippen LogP contribution in [0.1, 0.15) is 0 Å². The Morgan fingerprint density at radius 2 is 1.63 bits per heavy atom. The van der Waals surface area contributed by atoms with Crippen LogP contribution < -0.4 is 5.56 Å². The first-order chi connectivity index (χ1) is 9.27. The van der Waals surface area contributed by atoms with Gasteiger partial charge in [0.25, 0.3) is 5.56 Å². The Morgan fingerprint density at radius 1 is 0.947 bits per heavy atom. The van der Waals surface area contributed by atoms with E-state index < -0.39 is 0 Å². The highest BCUT2D eigenvalue weighted by Gasteiger charge is 2.12. The molecule has 0 saturated heterocycles. The zero-order valence-corrected chi connectivity index (χ0v) is 10.4. The van der Waals surface area contributed by atoms with E-state index in [0.717, 1.165) is 16.6 Å². The molecule has 2 aromatic carbocycles. The molecule has 0 aliphatic heterocycles. The zero-order valence-electron chi connectivity index (χ0n) is 10.4. The highest BCUT2D eigenvalue weighted by atomic mass is 16.1. The molecule has 0 spiro atoms. The minimum atomic E-state index is -0.0154. The fourth-order valence-electron chi connectivity index (χ4n) is 2.60. The van der Waals surface area contributed by atoms with Crippen LogP contribution in [0.5, 0.6) is 0 Å². The van der Waals surface area contributed by atoms with Crippen molar-refractivity contribution in [3.05, 3.63) is 58.9 Å². The third-order valence-electron chi connectivity index (χ3n) is 3.52. The number of rotatable bonds is 0. The highest BCUT2D eigenvalue weighted by molar-refractivity contribution is 5.88. The van der Waals surface area contributed by atoms with Crippen LogP contribution >= 0.6 is 0 Å². The van der Waals surface area contributed by atoms with E-state index in [1.54, 1.807) is 11.6 Å². The molecule has 19 heavy (non-hydrogen) atoms. The lowest BCUT2D eigenvalue weighted by atomic mass is 10.2. The second-order valence-electron chi connectivity index (χ2n) is 4.62. The van der Waals surface area contributed by atoms with Gasteiger partial charge in [0.2, 0.25) is 5.78 Å². The lowest BCUT2D eigenvalue weighted by Crippen LogP contribution is -2.19. The van der Waals surface area contributed by atoms with E-state index in [0.29, 0.717) is 11.2 Å². The summed E-state index contributed by atoms with van der Waals surface area (Å²) >= 11 is 0. The molecule has 92 valence electrons. The fraction of sp³-hybridized carbons (Fsp3) is 0.0667. The summed E-state index contributed by atoms with van der Waals surface area (Å²) in [6, 6.07) is 15.5. The molecule has 0 saturated carbocycles. The topological polar surface area (TPSA) is 39.3 Å². The van der Waals surface area contributed by atoms with E-state index >= 15 is 0 Å². The zero-order chi connectivity index (χ0) is 13.0. The van der Waals surface area contributed by atoms with Crippen molar-refractivity contribution in [1.82, 2.24) is 14.0 Å². The molecular formula is C15H11N3O. The standard InChI is InChI=1S/C15H11N3O/c1-17-14(19)10-6-2-4-8-12(10)18-13-9-5-3-7-11(13)16-15(17)18/h2-9H,1H3. The SMILES string of the molecule is Cn1c(=O)c2ccccc2n2c3ccccc3nc12. The van der Waals surface area contributed by atoms with Gasteiger partial charge in [-0.25, -0.2) is 4.98 Å². The molecule has 4 nitrogen and oxygen atoms in total. The van der Waals surface area contributed by atoms with Gasteiger partial charge in [0.05, 0.1) is 21.9 Å². The molecule has 0 atom stereocenters. The number of hydrogen-bond acceptors (Lipinski definition) is 2. The molecule has 0 radical (unpaired) electrons. The van der Waals surface area contributed by atoms with Crippen molar-refractivity contribution >= 4 is 27.7 Å². The molecule has 0 bridgehead atoms. The van der Waals surface area contributed by atoms with Crippen LogP contribution in [0.25, 0.3) is 27.7 Å². The molecule has 2 heterocycles. The van der Waals surface area contributed by atoms with Crippen molar-refractivity contribution in [3.63, 3.8) is 0 Å². The summed E-state index contributed by atoms with van der Waals surface area (Å²) in [4.78, 5) is 16.9. The Bertz CT molecular complexity index is 995. The Labute approximate surface area is 108 Å². The normalized spacial score (nSPS) is 11.6. The number of fused-ring (bicyclic) bond motifs is 5. The van der Waals surface area contributed by atoms with Crippen LogP contribution in [0, 0.1) is 0 Å². The van der Waals surface area contributed by atoms with Gasteiger partial charge in [0.1, 0.15) is 0 Å². The molecule has 4 heteroatoms. The molecule has 0 unspecified atom stereocenters. The summed E-state index contributed by atoms with van der Waals surface area (Å²) < 4.78 is 3.63. The highest BCUT2D eigenvalue weighted by Crippen LogP contribution is 2.20. The van der Waals surface area contributed by atoms with Crippen molar-refractivity contribution in [2.24, 2.45) is 7.05 Å². The first-order valence-electron chi connectivity index (χ1n) is 6.12.